The summed E-state index contributed by atoms with van der Waals surface area (Å²) in [5, 5.41) is 0.682. The van der Waals surface area contributed by atoms with Gasteiger partial charge < -0.3 is 5.73 Å². The van der Waals surface area contributed by atoms with E-state index in [2.05, 4.69) is 16.5 Å². The summed E-state index contributed by atoms with van der Waals surface area (Å²) in [5.41, 5.74) is 8.34. The van der Waals surface area contributed by atoms with E-state index in [4.69, 9.17) is 17.3 Å². The molecule has 0 aliphatic rings. The Morgan fingerprint density at radius 3 is 2.41 bits per heavy atom. The van der Waals surface area contributed by atoms with E-state index in [0.717, 1.165) is 16.8 Å². The summed E-state index contributed by atoms with van der Waals surface area (Å²) in [6, 6.07) is 7.33. The minimum atomic E-state index is 0.442. The van der Waals surface area contributed by atoms with Gasteiger partial charge in [-0.2, -0.15) is 0 Å². The summed E-state index contributed by atoms with van der Waals surface area (Å²) in [6.07, 6.45) is 1.66. The standard InChI is InChI=1S/C13H12ClN3/c1-3-11-8(2)16-13(17-12(11)15)9-4-6-10(14)7-5-9/h3-7H,1H2,2H3,(H2,15,16,17). The molecule has 1 aromatic heterocycles. The lowest BCUT2D eigenvalue weighted by molar-refractivity contribution is 1.11. The Balaban J connectivity index is 2.54. The second-order valence-electron chi connectivity index (χ2n) is 3.64. The number of benzene rings is 1. The Morgan fingerprint density at radius 2 is 1.88 bits per heavy atom. The van der Waals surface area contributed by atoms with Gasteiger partial charge in [0.2, 0.25) is 0 Å². The Labute approximate surface area is 105 Å². The molecule has 86 valence electrons. The SMILES string of the molecule is C=Cc1c(C)nc(-c2ccc(Cl)cc2)nc1N. The van der Waals surface area contributed by atoms with E-state index in [-0.39, 0.29) is 0 Å². The van der Waals surface area contributed by atoms with E-state index in [1.54, 1.807) is 18.2 Å². The lowest BCUT2D eigenvalue weighted by Crippen LogP contribution is -2.02. The van der Waals surface area contributed by atoms with Gasteiger partial charge in [-0.3, -0.25) is 0 Å². The minimum Gasteiger partial charge on any atom is -0.383 e. The highest BCUT2D eigenvalue weighted by molar-refractivity contribution is 6.30. The molecule has 0 saturated carbocycles. The predicted molar refractivity (Wildman–Crippen MR) is 71.7 cm³/mol. The second-order valence-corrected chi connectivity index (χ2v) is 4.08. The molecule has 3 nitrogen and oxygen atoms in total. The zero-order valence-corrected chi connectivity index (χ0v) is 10.2. The van der Waals surface area contributed by atoms with Crippen molar-refractivity contribution in [2.24, 2.45) is 0 Å². The molecule has 0 atom stereocenters. The number of rotatable bonds is 2. The zero-order chi connectivity index (χ0) is 12.4. The summed E-state index contributed by atoms with van der Waals surface area (Å²) >= 11 is 5.83. The average molecular weight is 246 g/mol. The van der Waals surface area contributed by atoms with Crippen molar-refractivity contribution in [2.75, 3.05) is 5.73 Å². The number of aryl methyl sites for hydroxylation is 1. The van der Waals surface area contributed by atoms with Crippen molar-refractivity contribution in [1.29, 1.82) is 0 Å². The molecular formula is C13H12ClN3. The molecule has 17 heavy (non-hydrogen) atoms. The van der Waals surface area contributed by atoms with Gasteiger partial charge in [-0.15, -0.1) is 0 Å². The van der Waals surface area contributed by atoms with Crippen LogP contribution in [0.1, 0.15) is 11.3 Å². The first-order valence-corrected chi connectivity index (χ1v) is 5.52. The quantitative estimate of drug-likeness (QED) is 0.883. The number of aromatic nitrogens is 2. The molecule has 0 fully saturated rings. The largest absolute Gasteiger partial charge is 0.383 e. The molecule has 2 N–H and O–H groups in total. The van der Waals surface area contributed by atoms with Crippen molar-refractivity contribution in [3.63, 3.8) is 0 Å². The molecule has 2 aromatic rings. The topological polar surface area (TPSA) is 51.8 Å². The van der Waals surface area contributed by atoms with Crippen molar-refractivity contribution in [2.45, 2.75) is 6.92 Å². The van der Waals surface area contributed by atoms with Gasteiger partial charge in [0.25, 0.3) is 0 Å². The van der Waals surface area contributed by atoms with Crippen molar-refractivity contribution >= 4 is 23.5 Å². The Kier molecular flexibility index (Phi) is 3.11. The molecule has 1 heterocycles. The number of nitrogens with zero attached hydrogens (tertiary/aromatic N) is 2. The highest BCUT2D eigenvalue weighted by Gasteiger charge is 2.08. The van der Waals surface area contributed by atoms with Gasteiger partial charge in [0.1, 0.15) is 5.82 Å². The number of nitrogens with two attached hydrogens (primary N) is 1. The van der Waals surface area contributed by atoms with Crippen LogP contribution < -0.4 is 5.73 Å². The maximum Gasteiger partial charge on any atom is 0.161 e. The van der Waals surface area contributed by atoms with E-state index in [1.807, 2.05) is 19.1 Å². The molecule has 0 bridgehead atoms. The van der Waals surface area contributed by atoms with Gasteiger partial charge in [0.05, 0.1) is 5.69 Å². The lowest BCUT2D eigenvalue weighted by Gasteiger charge is -2.07. The normalized spacial score (nSPS) is 10.2. The Morgan fingerprint density at radius 1 is 1.24 bits per heavy atom. The number of hydrogen-bond acceptors (Lipinski definition) is 3. The van der Waals surface area contributed by atoms with Crippen molar-refractivity contribution in [3.8, 4) is 11.4 Å². The molecule has 0 unspecified atom stereocenters. The maximum absolute atomic E-state index is 5.85. The summed E-state index contributed by atoms with van der Waals surface area (Å²) < 4.78 is 0. The van der Waals surface area contributed by atoms with E-state index in [0.29, 0.717) is 16.7 Å². The van der Waals surface area contributed by atoms with E-state index in [1.165, 1.54) is 0 Å². The number of halogens is 1. The van der Waals surface area contributed by atoms with E-state index in [9.17, 15) is 0 Å². The first kappa shape index (κ1) is 11.6. The van der Waals surface area contributed by atoms with Crippen LogP contribution in [0.2, 0.25) is 5.02 Å². The van der Waals surface area contributed by atoms with Gasteiger partial charge in [0.15, 0.2) is 5.82 Å². The summed E-state index contributed by atoms with van der Waals surface area (Å²) in [5.74, 6) is 1.04. The lowest BCUT2D eigenvalue weighted by atomic mass is 10.1. The van der Waals surface area contributed by atoms with Crippen LogP contribution in [-0.2, 0) is 0 Å². The fraction of sp³-hybridized carbons (Fsp3) is 0.0769. The Bertz CT molecular complexity index is 538. The third kappa shape index (κ3) is 2.29. The van der Waals surface area contributed by atoms with Gasteiger partial charge in [0, 0.05) is 16.1 Å². The van der Waals surface area contributed by atoms with Gasteiger partial charge in [-0.05, 0) is 31.2 Å². The average Bonchev–Trinajstić information content (AvgIpc) is 2.29. The first-order valence-electron chi connectivity index (χ1n) is 5.14. The molecule has 0 aliphatic heterocycles. The first-order chi connectivity index (χ1) is 8.11. The van der Waals surface area contributed by atoms with Crippen LogP contribution in [0.3, 0.4) is 0 Å². The van der Waals surface area contributed by atoms with Gasteiger partial charge >= 0.3 is 0 Å². The third-order valence-electron chi connectivity index (χ3n) is 2.47. The molecule has 1 aromatic carbocycles. The van der Waals surface area contributed by atoms with Crippen LogP contribution in [-0.4, -0.2) is 9.97 Å². The van der Waals surface area contributed by atoms with Crippen molar-refractivity contribution in [3.05, 3.63) is 47.1 Å². The minimum absolute atomic E-state index is 0.442. The second kappa shape index (κ2) is 4.55. The molecule has 2 rings (SSSR count). The van der Waals surface area contributed by atoms with Crippen LogP contribution in [0.4, 0.5) is 5.82 Å². The zero-order valence-electron chi connectivity index (χ0n) is 9.44. The monoisotopic (exact) mass is 245 g/mol. The van der Waals surface area contributed by atoms with Crippen LogP contribution in [0.25, 0.3) is 17.5 Å². The predicted octanol–water partition coefficient (Wildman–Crippen LogP) is 3.33. The summed E-state index contributed by atoms with van der Waals surface area (Å²) in [7, 11) is 0. The highest BCUT2D eigenvalue weighted by Crippen LogP contribution is 2.22. The smallest absolute Gasteiger partial charge is 0.161 e. The highest BCUT2D eigenvalue weighted by atomic mass is 35.5. The molecule has 0 aliphatic carbocycles. The fourth-order valence-electron chi connectivity index (χ4n) is 1.58. The number of hydrogen-bond donors (Lipinski definition) is 1. The Hall–Kier alpha value is -1.87. The van der Waals surface area contributed by atoms with Crippen LogP contribution in [0.5, 0.6) is 0 Å². The van der Waals surface area contributed by atoms with Gasteiger partial charge in [-0.1, -0.05) is 24.3 Å². The molecule has 4 heteroatoms. The van der Waals surface area contributed by atoms with Crippen LogP contribution in [0.15, 0.2) is 30.8 Å². The van der Waals surface area contributed by atoms with Crippen LogP contribution in [0, 0.1) is 6.92 Å². The molecule has 0 radical (unpaired) electrons. The van der Waals surface area contributed by atoms with Crippen molar-refractivity contribution < 1.29 is 0 Å². The maximum atomic E-state index is 5.85. The van der Waals surface area contributed by atoms with Crippen LogP contribution >= 0.6 is 11.6 Å². The third-order valence-corrected chi connectivity index (χ3v) is 2.72. The number of anilines is 1. The summed E-state index contributed by atoms with van der Waals surface area (Å²) in [4.78, 5) is 8.66. The summed E-state index contributed by atoms with van der Waals surface area (Å²) in [6.45, 7) is 5.57. The van der Waals surface area contributed by atoms with Crippen molar-refractivity contribution in [1.82, 2.24) is 9.97 Å². The molecule has 0 amide bonds. The molecular weight excluding hydrogens is 234 g/mol. The van der Waals surface area contributed by atoms with Gasteiger partial charge in [-0.25, -0.2) is 9.97 Å². The van der Waals surface area contributed by atoms with E-state index >= 15 is 0 Å². The fourth-order valence-corrected chi connectivity index (χ4v) is 1.71. The molecule has 0 spiro atoms. The number of nitrogen functional groups attached to an aromatic ring is 1. The van der Waals surface area contributed by atoms with E-state index < -0.39 is 0 Å². The molecule has 0 saturated heterocycles.